The topological polar surface area (TPSA) is 93.3 Å². The number of nitrogens with one attached hydrogen (secondary N) is 2. The molecule has 25 heavy (non-hydrogen) atoms. The molecule has 1 aromatic heterocycles. The van der Waals surface area contributed by atoms with Crippen molar-refractivity contribution in [3.63, 3.8) is 0 Å². The van der Waals surface area contributed by atoms with Crippen molar-refractivity contribution in [3.05, 3.63) is 48.2 Å². The van der Waals surface area contributed by atoms with E-state index in [4.69, 9.17) is 9.47 Å². The first kappa shape index (κ1) is 17.1. The highest BCUT2D eigenvalue weighted by molar-refractivity contribution is 7.92. The third-order valence-corrected chi connectivity index (χ3v) is 5.11. The molecule has 0 radical (unpaired) electrons. The molecule has 0 aliphatic heterocycles. The van der Waals surface area contributed by atoms with Crippen LogP contribution < -0.4 is 14.2 Å². The van der Waals surface area contributed by atoms with Crippen LogP contribution in [0, 0.1) is 0 Å². The molecule has 0 fully saturated rings. The number of methoxy groups -OCH3 is 2. The van der Waals surface area contributed by atoms with E-state index >= 15 is 0 Å². The lowest BCUT2D eigenvalue weighted by atomic mass is 10.1. The summed E-state index contributed by atoms with van der Waals surface area (Å²) < 4.78 is 37.7. The van der Waals surface area contributed by atoms with E-state index in [1.807, 2.05) is 12.1 Å². The Morgan fingerprint density at radius 3 is 2.64 bits per heavy atom. The van der Waals surface area contributed by atoms with E-state index < -0.39 is 10.0 Å². The molecule has 1 heterocycles. The van der Waals surface area contributed by atoms with Crippen molar-refractivity contribution in [1.82, 2.24) is 10.2 Å². The molecule has 0 amide bonds. The van der Waals surface area contributed by atoms with Crippen molar-refractivity contribution < 1.29 is 17.9 Å². The summed E-state index contributed by atoms with van der Waals surface area (Å²) in [7, 11) is -0.371. The second kappa shape index (κ2) is 7.02. The molecule has 0 spiro atoms. The van der Waals surface area contributed by atoms with Gasteiger partial charge in [0.25, 0.3) is 0 Å². The lowest BCUT2D eigenvalue weighted by molar-refractivity contribution is 0.354. The smallest absolute Gasteiger partial charge is 0.233 e. The van der Waals surface area contributed by atoms with Gasteiger partial charge in [-0.25, -0.2) is 8.42 Å². The summed E-state index contributed by atoms with van der Waals surface area (Å²) in [4.78, 5) is 0. The third-order valence-electron chi connectivity index (χ3n) is 3.82. The van der Waals surface area contributed by atoms with Crippen LogP contribution in [0.25, 0.3) is 10.9 Å². The van der Waals surface area contributed by atoms with E-state index in [9.17, 15) is 8.42 Å². The zero-order chi connectivity index (χ0) is 17.9. The van der Waals surface area contributed by atoms with E-state index in [1.54, 1.807) is 44.7 Å². The van der Waals surface area contributed by atoms with Crippen LogP contribution in [0.3, 0.4) is 0 Å². The van der Waals surface area contributed by atoms with Gasteiger partial charge in [-0.15, -0.1) is 0 Å². The number of nitrogens with zero attached hydrogens (tertiary/aromatic N) is 1. The highest BCUT2D eigenvalue weighted by Crippen LogP contribution is 2.28. The van der Waals surface area contributed by atoms with Crippen LogP contribution in [0.5, 0.6) is 11.5 Å². The molecule has 0 unspecified atom stereocenters. The molecule has 3 rings (SSSR count). The minimum Gasteiger partial charge on any atom is -0.493 e. The fraction of sp³-hybridized carbons (Fsp3) is 0.235. The van der Waals surface area contributed by atoms with Crippen molar-refractivity contribution in [2.75, 3.05) is 24.7 Å². The number of ether oxygens (including phenoxy) is 2. The van der Waals surface area contributed by atoms with Crippen molar-refractivity contribution in [2.45, 2.75) is 6.42 Å². The maximum atomic E-state index is 12.3. The van der Waals surface area contributed by atoms with Crippen LogP contribution in [0.4, 0.5) is 5.69 Å². The van der Waals surface area contributed by atoms with Gasteiger partial charge in [0, 0.05) is 5.39 Å². The summed E-state index contributed by atoms with van der Waals surface area (Å²) in [5, 5.41) is 7.66. The number of sulfonamides is 1. The van der Waals surface area contributed by atoms with E-state index in [2.05, 4.69) is 14.9 Å². The van der Waals surface area contributed by atoms with Gasteiger partial charge in [-0.3, -0.25) is 9.82 Å². The van der Waals surface area contributed by atoms with Crippen LogP contribution >= 0.6 is 0 Å². The number of H-pyrrole nitrogens is 1. The van der Waals surface area contributed by atoms with Crippen LogP contribution in [-0.4, -0.2) is 38.6 Å². The highest BCUT2D eigenvalue weighted by atomic mass is 32.2. The first-order chi connectivity index (χ1) is 12.0. The Bertz CT molecular complexity index is 982. The Balaban J connectivity index is 1.69. The van der Waals surface area contributed by atoms with Crippen molar-refractivity contribution in [2.24, 2.45) is 0 Å². The molecular weight excluding hydrogens is 342 g/mol. The van der Waals surface area contributed by atoms with Gasteiger partial charge < -0.3 is 9.47 Å². The number of fused-ring (bicyclic) bond motifs is 1. The van der Waals surface area contributed by atoms with Crippen molar-refractivity contribution >= 4 is 26.6 Å². The summed E-state index contributed by atoms with van der Waals surface area (Å²) in [6.07, 6.45) is 2.05. The molecule has 0 saturated heterocycles. The van der Waals surface area contributed by atoms with Crippen molar-refractivity contribution in [3.8, 4) is 11.5 Å². The van der Waals surface area contributed by atoms with Crippen LogP contribution in [0.15, 0.2) is 42.6 Å². The zero-order valence-corrected chi connectivity index (χ0v) is 14.8. The molecule has 132 valence electrons. The number of aromatic amines is 1. The molecule has 0 aliphatic carbocycles. The highest BCUT2D eigenvalue weighted by Gasteiger charge is 2.13. The number of benzene rings is 2. The summed E-state index contributed by atoms with van der Waals surface area (Å²) in [5.74, 6) is 1.15. The molecular formula is C17H19N3O4S. The number of anilines is 1. The number of rotatable bonds is 7. The Kier molecular flexibility index (Phi) is 4.80. The Morgan fingerprint density at radius 2 is 1.88 bits per heavy atom. The van der Waals surface area contributed by atoms with Crippen LogP contribution in [0.1, 0.15) is 5.56 Å². The van der Waals surface area contributed by atoms with Crippen LogP contribution in [0.2, 0.25) is 0 Å². The van der Waals surface area contributed by atoms with E-state index in [1.165, 1.54) is 0 Å². The fourth-order valence-electron chi connectivity index (χ4n) is 2.52. The first-order valence-corrected chi connectivity index (χ1v) is 9.30. The van der Waals surface area contributed by atoms with Gasteiger partial charge in [-0.1, -0.05) is 6.07 Å². The molecule has 0 aliphatic rings. The monoisotopic (exact) mass is 361 g/mol. The van der Waals surface area contributed by atoms with Gasteiger partial charge in [-0.05, 0) is 42.3 Å². The summed E-state index contributed by atoms with van der Waals surface area (Å²) in [6, 6.07) is 10.6. The zero-order valence-electron chi connectivity index (χ0n) is 13.9. The van der Waals surface area contributed by atoms with Gasteiger partial charge in [0.05, 0.1) is 37.4 Å². The van der Waals surface area contributed by atoms with Gasteiger partial charge in [0.1, 0.15) is 0 Å². The molecule has 2 N–H and O–H groups in total. The standard InChI is InChI=1S/C17H19N3O4S/c1-23-16-6-3-12(9-17(16)24-2)7-8-25(21,22)20-14-5-4-13-11-18-19-15(13)10-14/h3-6,9-11,20H,7-8H2,1-2H3,(H,18,19). The number of hydrogen-bond acceptors (Lipinski definition) is 5. The maximum absolute atomic E-state index is 12.3. The second-order valence-corrected chi connectivity index (χ2v) is 7.37. The first-order valence-electron chi connectivity index (χ1n) is 7.65. The summed E-state index contributed by atoms with van der Waals surface area (Å²) in [5.41, 5.74) is 2.14. The second-order valence-electron chi connectivity index (χ2n) is 5.53. The molecule has 0 atom stereocenters. The molecule has 3 aromatic rings. The predicted molar refractivity (Wildman–Crippen MR) is 96.8 cm³/mol. The average molecular weight is 361 g/mol. The van der Waals surface area contributed by atoms with Gasteiger partial charge in [0.15, 0.2) is 11.5 Å². The third kappa shape index (κ3) is 4.03. The lowest BCUT2D eigenvalue weighted by Crippen LogP contribution is -2.18. The van der Waals surface area contributed by atoms with Crippen molar-refractivity contribution in [1.29, 1.82) is 0 Å². The predicted octanol–water partition coefficient (Wildman–Crippen LogP) is 2.56. The maximum Gasteiger partial charge on any atom is 0.233 e. The molecule has 7 nitrogen and oxygen atoms in total. The van der Waals surface area contributed by atoms with E-state index in [-0.39, 0.29) is 5.75 Å². The van der Waals surface area contributed by atoms with Gasteiger partial charge in [0.2, 0.25) is 10.0 Å². The summed E-state index contributed by atoms with van der Waals surface area (Å²) in [6.45, 7) is 0. The average Bonchev–Trinajstić information content (AvgIpc) is 3.07. The SMILES string of the molecule is COc1ccc(CCS(=O)(=O)Nc2ccc3cn[nH]c3c2)cc1OC. The van der Waals surface area contributed by atoms with Crippen LogP contribution in [-0.2, 0) is 16.4 Å². The fourth-order valence-corrected chi connectivity index (χ4v) is 3.61. The minimum absolute atomic E-state index is 0.0382. The Hall–Kier alpha value is -2.74. The van der Waals surface area contributed by atoms with E-state index in [0.29, 0.717) is 23.6 Å². The quantitative estimate of drug-likeness (QED) is 0.675. The van der Waals surface area contributed by atoms with Gasteiger partial charge >= 0.3 is 0 Å². The number of aromatic nitrogens is 2. The molecule has 2 aromatic carbocycles. The Morgan fingerprint density at radius 1 is 1.08 bits per heavy atom. The molecule has 0 saturated carbocycles. The number of hydrogen-bond donors (Lipinski definition) is 2. The normalized spacial score (nSPS) is 11.4. The Labute approximate surface area is 146 Å². The largest absolute Gasteiger partial charge is 0.493 e. The lowest BCUT2D eigenvalue weighted by Gasteiger charge is -2.11. The molecule has 0 bridgehead atoms. The minimum atomic E-state index is -3.48. The molecule has 8 heteroatoms. The number of aryl methyl sites for hydroxylation is 1. The van der Waals surface area contributed by atoms with Gasteiger partial charge in [-0.2, -0.15) is 5.10 Å². The van der Waals surface area contributed by atoms with E-state index in [0.717, 1.165) is 16.5 Å². The summed E-state index contributed by atoms with van der Waals surface area (Å²) >= 11 is 0.